The van der Waals surface area contributed by atoms with Crippen molar-refractivity contribution in [3.05, 3.63) is 47.9 Å². The van der Waals surface area contributed by atoms with Gasteiger partial charge in [0, 0.05) is 23.2 Å². The van der Waals surface area contributed by atoms with Crippen LogP contribution in [0.25, 0.3) is 21.7 Å². The molecule has 0 unspecified atom stereocenters. The highest BCUT2D eigenvalue weighted by molar-refractivity contribution is 6.34. The molecule has 0 aliphatic heterocycles. The van der Waals surface area contributed by atoms with Crippen LogP contribution in [-0.4, -0.2) is 9.97 Å². The first kappa shape index (κ1) is 8.62. The number of benzene rings is 1. The van der Waals surface area contributed by atoms with Gasteiger partial charge in [-0.25, -0.2) is 4.98 Å². The van der Waals surface area contributed by atoms with Gasteiger partial charge < -0.3 is 0 Å². The molecular weight excluding hydrogens is 208 g/mol. The molecule has 0 amide bonds. The Kier molecular flexibility index (Phi) is 1.82. The summed E-state index contributed by atoms with van der Waals surface area (Å²) in [5.74, 6) is 0. The number of hydrogen-bond donors (Lipinski definition) is 0. The fraction of sp³-hybridized carbons (Fsp3) is 0. The van der Waals surface area contributed by atoms with Gasteiger partial charge in [-0.2, -0.15) is 0 Å². The standard InChI is InChI=1S/C12H7ClN2/c13-12-11-10(5-6-14-12)9-4-2-1-3-8(9)7-15-11/h1-7H. The molecule has 0 N–H and O–H groups in total. The van der Waals surface area contributed by atoms with Crippen molar-refractivity contribution in [1.82, 2.24) is 9.97 Å². The summed E-state index contributed by atoms with van der Waals surface area (Å²) in [6.45, 7) is 0. The van der Waals surface area contributed by atoms with Crippen molar-refractivity contribution in [2.24, 2.45) is 0 Å². The highest BCUT2D eigenvalue weighted by atomic mass is 35.5. The van der Waals surface area contributed by atoms with Crippen molar-refractivity contribution < 1.29 is 0 Å². The molecule has 2 aromatic heterocycles. The molecule has 0 aliphatic carbocycles. The van der Waals surface area contributed by atoms with Crippen LogP contribution in [0.1, 0.15) is 0 Å². The van der Waals surface area contributed by atoms with Crippen LogP contribution in [0.2, 0.25) is 5.15 Å². The second-order valence-corrected chi connectivity index (χ2v) is 3.70. The Labute approximate surface area is 91.5 Å². The van der Waals surface area contributed by atoms with Crippen LogP contribution in [0.5, 0.6) is 0 Å². The molecule has 0 spiro atoms. The van der Waals surface area contributed by atoms with E-state index in [2.05, 4.69) is 16.0 Å². The molecule has 0 saturated heterocycles. The number of fused-ring (bicyclic) bond motifs is 3. The number of rotatable bonds is 0. The fourth-order valence-electron chi connectivity index (χ4n) is 1.76. The predicted octanol–water partition coefficient (Wildman–Crippen LogP) is 3.44. The van der Waals surface area contributed by atoms with Crippen LogP contribution >= 0.6 is 11.6 Å². The maximum absolute atomic E-state index is 5.98. The molecule has 0 atom stereocenters. The minimum Gasteiger partial charge on any atom is -0.252 e. The van der Waals surface area contributed by atoms with Crippen LogP contribution < -0.4 is 0 Å². The predicted molar refractivity (Wildman–Crippen MR) is 62.1 cm³/mol. The van der Waals surface area contributed by atoms with Gasteiger partial charge in [0.15, 0.2) is 5.15 Å². The minimum atomic E-state index is 0.457. The van der Waals surface area contributed by atoms with E-state index >= 15 is 0 Å². The Morgan fingerprint density at radius 3 is 2.73 bits per heavy atom. The van der Waals surface area contributed by atoms with Gasteiger partial charge in [-0.1, -0.05) is 35.9 Å². The molecule has 15 heavy (non-hydrogen) atoms. The van der Waals surface area contributed by atoms with E-state index in [1.165, 1.54) is 0 Å². The average Bonchev–Trinajstić information content (AvgIpc) is 2.29. The fourth-order valence-corrected chi connectivity index (χ4v) is 1.96. The zero-order chi connectivity index (χ0) is 10.3. The maximum Gasteiger partial charge on any atom is 0.155 e. The van der Waals surface area contributed by atoms with E-state index in [0.29, 0.717) is 5.15 Å². The van der Waals surface area contributed by atoms with Crippen molar-refractivity contribution in [3.63, 3.8) is 0 Å². The molecule has 3 heteroatoms. The molecule has 0 saturated carbocycles. The summed E-state index contributed by atoms with van der Waals surface area (Å²) in [6.07, 6.45) is 3.53. The third kappa shape index (κ3) is 1.26. The molecule has 1 aromatic carbocycles. The van der Waals surface area contributed by atoms with Crippen molar-refractivity contribution in [1.29, 1.82) is 0 Å². The Hall–Kier alpha value is -1.67. The van der Waals surface area contributed by atoms with Gasteiger partial charge >= 0.3 is 0 Å². The molecule has 3 aromatic rings. The third-order valence-corrected chi connectivity index (χ3v) is 2.74. The highest BCUT2D eigenvalue weighted by Crippen LogP contribution is 2.26. The highest BCUT2D eigenvalue weighted by Gasteiger charge is 2.04. The lowest BCUT2D eigenvalue weighted by molar-refractivity contribution is 1.32. The molecule has 0 radical (unpaired) electrons. The van der Waals surface area contributed by atoms with Crippen LogP contribution in [0, 0.1) is 0 Å². The van der Waals surface area contributed by atoms with Gasteiger partial charge in [-0.15, -0.1) is 0 Å². The van der Waals surface area contributed by atoms with Gasteiger partial charge in [-0.3, -0.25) is 4.98 Å². The van der Waals surface area contributed by atoms with E-state index in [-0.39, 0.29) is 0 Å². The Morgan fingerprint density at radius 1 is 0.933 bits per heavy atom. The molecule has 0 fully saturated rings. The number of hydrogen-bond acceptors (Lipinski definition) is 2. The number of pyridine rings is 2. The average molecular weight is 215 g/mol. The second kappa shape index (κ2) is 3.17. The SMILES string of the molecule is Clc1nccc2c1ncc1ccccc12. The summed E-state index contributed by atoms with van der Waals surface area (Å²) >= 11 is 5.98. The molecule has 0 bridgehead atoms. The summed E-state index contributed by atoms with van der Waals surface area (Å²) in [5.41, 5.74) is 0.762. The van der Waals surface area contributed by atoms with Gasteiger partial charge in [0.25, 0.3) is 0 Å². The van der Waals surface area contributed by atoms with Crippen molar-refractivity contribution >= 4 is 33.3 Å². The molecule has 72 valence electrons. The van der Waals surface area contributed by atoms with Crippen LogP contribution in [-0.2, 0) is 0 Å². The molecular formula is C12H7ClN2. The molecule has 2 heterocycles. The smallest absolute Gasteiger partial charge is 0.155 e. The van der Waals surface area contributed by atoms with E-state index in [1.807, 2.05) is 30.5 Å². The van der Waals surface area contributed by atoms with Crippen LogP contribution in [0.4, 0.5) is 0 Å². The van der Waals surface area contributed by atoms with Gasteiger partial charge in [0.05, 0.1) is 0 Å². The quantitative estimate of drug-likeness (QED) is 0.423. The van der Waals surface area contributed by atoms with E-state index in [4.69, 9.17) is 11.6 Å². The number of nitrogens with zero attached hydrogens (tertiary/aromatic N) is 2. The zero-order valence-corrected chi connectivity index (χ0v) is 8.57. The topological polar surface area (TPSA) is 25.8 Å². The summed E-state index contributed by atoms with van der Waals surface area (Å²) in [6, 6.07) is 10.1. The first-order valence-corrected chi connectivity index (χ1v) is 5.02. The maximum atomic E-state index is 5.98. The molecule has 0 aliphatic rings. The Bertz CT molecular complexity index is 649. The Morgan fingerprint density at radius 2 is 1.80 bits per heavy atom. The normalized spacial score (nSPS) is 11.0. The van der Waals surface area contributed by atoms with Crippen molar-refractivity contribution in [2.75, 3.05) is 0 Å². The van der Waals surface area contributed by atoms with Gasteiger partial charge in [-0.05, 0) is 11.5 Å². The summed E-state index contributed by atoms with van der Waals surface area (Å²) in [5, 5.41) is 3.78. The number of aromatic nitrogens is 2. The monoisotopic (exact) mass is 214 g/mol. The first-order chi connectivity index (χ1) is 7.36. The summed E-state index contributed by atoms with van der Waals surface area (Å²) in [4.78, 5) is 8.33. The van der Waals surface area contributed by atoms with E-state index in [9.17, 15) is 0 Å². The lowest BCUT2D eigenvalue weighted by Gasteiger charge is -2.02. The van der Waals surface area contributed by atoms with Crippen molar-refractivity contribution in [2.45, 2.75) is 0 Å². The van der Waals surface area contributed by atoms with Crippen LogP contribution in [0.15, 0.2) is 42.7 Å². The van der Waals surface area contributed by atoms with E-state index in [0.717, 1.165) is 21.7 Å². The Balaban J connectivity index is 2.60. The molecule has 2 nitrogen and oxygen atoms in total. The van der Waals surface area contributed by atoms with Crippen molar-refractivity contribution in [3.8, 4) is 0 Å². The lowest BCUT2D eigenvalue weighted by atomic mass is 10.1. The lowest BCUT2D eigenvalue weighted by Crippen LogP contribution is -1.84. The number of halogens is 1. The first-order valence-electron chi connectivity index (χ1n) is 4.64. The summed E-state index contributed by atoms with van der Waals surface area (Å²) in [7, 11) is 0. The van der Waals surface area contributed by atoms with Gasteiger partial charge in [0.1, 0.15) is 5.52 Å². The molecule has 3 rings (SSSR count). The largest absolute Gasteiger partial charge is 0.252 e. The third-order valence-electron chi connectivity index (χ3n) is 2.46. The zero-order valence-electron chi connectivity index (χ0n) is 7.81. The summed E-state index contributed by atoms with van der Waals surface area (Å²) < 4.78 is 0. The van der Waals surface area contributed by atoms with Gasteiger partial charge in [0.2, 0.25) is 0 Å². The van der Waals surface area contributed by atoms with E-state index < -0.39 is 0 Å². The second-order valence-electron chi connectivity index (χ2n) is 3.34. The van der Waals surface area contributed by atoms with Crippen LogP contribution in [0.3, 0.4) is 0 Å². The van der Waals surface area contributed by atoms with E-state index in [1.54, 1.807) is 6.20 Å². The minimum absolute atomic E-state index is 0.457.